The van der Waals surface area contributed by atoms with Gasteiger partial charge in [-0.25, -0.2) is 0 Å². The van der Waals surface area contributed by atoms with Gasteiger partial charge in [-0.05, 0) is 67.6 Å². The minimum Gasteiger partial charge on any atom is -0.430 e. The predicted molar refractivity (Wildman–Crippen MR) is 122 cm³/mol. The molecule has 1 aliphatic carbocycles. The average Bonchev–Trinajstić information content (AvgIpc) is 2.97. The van der Waals surface area contributed by atoms with E-state index in [1.807, 2.05) is 58.0 Å². The van der Waals surface area contributed by atoms with E-state index in [2.05, 4.69) is 16.8 Å². The molecule has 1 aromatic heterocycles. The Bertz CT molecular complexity index is 1060. The van der Waals surface area contributed by atoms with Crippen molar-refractivity contribution in [3.63, 3.8) is 0 Å². The number of Topliss-reactive ketones (excluding diaryl/α,β-unsaturated/α-hetero) is 1. The van der Waals surface area contributed by atoms with Gasteiger partial charge in [0.15, 0.2) is 5.78 Å². The first-order valence-electron chi connectivity index (χ1n) is 10.7. The molecular weight excluding hydrogens is 386 g/mol. The summed E-state index contributed by atoms with van der Waals surface area (Å²) in [6.07, 6.45) is 2.98. The van der Waals surface area contributed by atoms with Crippen LogP contribution in [-0.4, -0.2) is 16.7 Å². The summed E-state index contributed by atoms with van der Waals surface area (Å²) in [5.41, 5.74) is 5.06. The van der Waals surface area contributed by atoms with E-state index in [1.54, 1.807) is 13.1 Å². The normalized spacial score (nSPS) is 15.8. The van der Waals surface area contributed by atoms with Gasteiger partial charge in [0.1, 0.15) is 5.76 Å². The van der Waals surface area contributed by atoms with Crippen LogP contribution in [-0.2, 0) is 20.7 Å². The summed E-state index contributed by atoms with van der Waals surface area (Å²) in [4.78, 5) is 30.4. The zero-order valence-electron chi connectivity index (χ0n) is 18.9. The maximum Gasteiger partial charge on any atom is 0.311 e. The Morgan fingerprint density at radius 1 is 1.23 bits per heavy atom. The number of carbonyl (C=O) groups excluding carboxylic acids is 2. The fraction of sp³-hybridized carbons (Fsp3) is 0.370. The Labute approximate surface area is 184 Å². The predicted octanol–water partition coefficient (Wildman–Crippen LogP) is 5.20. The molecule has 0 saturated carbocycles. The van der Waals surface area contributed by atoms with Gasteiger partial charge in [-0.3, -0.25) is 14.6 Å². The van der Waals surface area contributed by atoms with Crippen LogP contribution in [0, 0.1) is 37.5 Å². The molecule has 0 aliphatic heterocycles. The van der Waals surface area contributed by atoms with Gasteiger partial charge in [0.05, 0.1) is 5.57 Å². The number of carbonyl (C=O) groups is 2. The van der Waals surface area contributed by atoms with Crippen LogP contribution in [0.3, 0.4) is 0 Å². The molecular formula is C27H29NO3. The maximum atomic E-state index is 13.5. The molecule has 4 nitrogen and oxygen atoms in total. The molecule has 0 spiro atoms. The van der Waals surface area contributed by atoms with E-state index < -0.39 is 0 Å². The zero-order chi connectivity index (χ0) is 22.5. The number of ketones is 1. The van der Waals surface area contributed by atoms with Crippen molar-refractivity contribution in [3.05, 3.63) is 70.2 Å². The smallest absolute Gasteiger partial charge is 0.311 e. The average molecular weight is 416 g/mol. The lowest BCUT2D eigenvalue weighted by atomic mass is 9.89. The molecule has 1 heterocycles. The van der Waals surface area contributed by atoms with Crippen LogP contribution < -0.4 is 0 Å². The van der Waals surface area contributed by atoms with Gasteiger partial charge in [0.25, 0.3) is 0 Å². The van der Waals surface area contributed by atoms with Crippen molar-refractivity contribution in [1.82, 2.24) is 4.98 Å². The summed E-state index contributed by atoms with van der Waals surface area (Å²) in [5, 5.41) is 0. The van der Waals surface area contributed by atoms with E-state index >= 15 is 0 Å². The van der Waals surface area contributed by atoms with E-state index in [4.69, 9.17) is 4.74 Å². The number of ether oxygens (including phenoxy) is 1. The minimum absolute atomic E-state index is 0.0125. The van der Waals surface area contributed by atoms with Crippen molar-refractivity contribution in [3.8, 4) is 11.8 Å². The lowest BCUT2D eigenvalue weighted by Crippen LogP contribution is -2.14. The highest BCUT2D eigenvalue weighted by atomic mass is 16.5. The van der Waals surface area contributed by atoms with Crippen LogP contribution in [0.15, 0.2) is 42.3 Å². The highest BCUT2D eigenvalue weighted by Gasteiger charge is 2.37. The van der Waals surface area contributed by atoms with Gasteiger partial charge in [-0.1, -0.05) is 25.8 Å². The van der Waals surface area contributed by atoms with Crippen molar-refractivity contribution in [1.29, 1.82) is 0 Å². The molecule has 1 unspecified atom stereocenters. The molecule has 2 aromatic rings. The van der Waals surface area contributed by atoms with Crippen molar-refractivity contribution in [2.75, 3.05) is 0 Å². The lowest BCUT2D eigenvalue weighted by Gasteiger charge is -2.14. The number of aromatic nitrogens is 1. The molecule has 0 radical (unpaired) electrons. The number of benzene rings is 1. The monoisotopic (exact) mass is 415 g/mol. The third-order valence-electron chi connectivity index (χ3n) is 5.37. The molecule has 31 heavy (non-hydrogen) atoms. The van der Waals surface area contributed by atoms with Crippen molar-refractivity contribution in [2.24, 2.45) is 11.8 Å². The quantitative estimate of drug-likeness (QED) is 0.481. The highest BCUT2D eigenvalue weighted by Crippen LogP contribution is 2.40. The lowest BCUT2D eigenvalue weighted by molar-refractivity contribution is -0.140. The summed E-state index contributed by atoms with van der Waals surface area (Å²) in [6.45, 7) is 9.70. The van der Waals surface area contributed by atoms with E-state index in [1.165, 1.54) is 0 Å². The molecule has 0 N–H and O–H groups in total. The van der Waals surface area contributed by atoms with Crippen LogP contribution in [0.5, 0.6) is 0 Å². The van der Waals surface area contributed by atoms with Crippen LogP contribution in [0.2, 0.25) is 0 Å². The summed E-state index contributed by atoms with van der Waals surface area (Å²) in [6, 6.07) is 9.67. The molecule has 0 saturated heterocycles. The van der Waals surface area contributed by atoms with Gasteiger partial charge in [-0.2, -0.15) is 0 Å². The maximum absolute atomic E-state index is 13.5. The summed E-state index contributed by atoms with van der Waals surface area (Å²) < 4.78 is 5.79. The minimum atomic E-state index is -0.294. The first-order chi connectivity index (χ1) is 14.8. The number of aryl methyl sites for hydroxylation is 2. The largest absolute Gasteiger partial charge is 0.430 e. The number of hydrogen-bond donors (Lipinski definition) is 0. The Morgan fingerprint density at radius 2 is 1.94 bits per heavy atom. The molecule has 1 atom stereocenters. The molecule has 1 aromatic carbocycles. The van der Waals surface area contributed by atoms with E-state index in [9.17, 15) is 9.59 Å². The number of rotatable bonds is 6. The molecule has 0 bridgehead atoms. The SMILES string of the molecule is CC#Cc1cc(C)c(C2=C(OC(=O)CC(C)C)CC(Cc3ccccn3)C2=O)c(C)c1. The molecule has 1 aliphatic rings. The first-order valence-corrected chi connectivity index (χ1v) is 10.7. The zero-order valence-corrected chi connectivity index (χ0v) is 18.9. The second-order valence-corrected chi connectivity index (χ2v) is 8.52. The Morgan fingerprint density at radius 3 is 2.52 bits per heavy atom. The highest BCUT2D eigenvalue weighted by molar-refractivity contribution is 6.25. The molecule has 160 valence electrons. The van der Waals surface area contributed by atoms with Gasteiger partial charge in [-0.15, -0.1) is 5.92 Å². The number of esters is 1. The number of allylic oxidation sites excluding steroid dienone is 2. The third kappa shape index (κ3) is 5.30. The van der Waals surface area contributed by atoms with Gasteiger partial charge in [0, 0.05) is 42.6 Å². The Hall–Kier alpha value is -3.19. The third-order valence-corrected chi connectivity index (χ3v) is 5.37. The van der Waals surface area contributed by atoms with Crippen molar-refractivity contribution in [2.45, 2.75) is 53.9 Å². The second-order valence-electron chi connectivity index (χ2n) is 8.52. The second kappa shape index (κ2) is 9.75. The van der Waals surface area contributed by atoms with Crippen LogP contribution >= 0.6 is 0 Å². The number of pyridine rings is 1. The summed E-state index contributed by atoms with van der Waals surface area (Å²) >= 11 is 0. The van der Waals surface area contributed by atoms with E-state index in [0.29, 0.717) is 30.6 Å². The van der Waals surface area contributed by atoms with Gasteiger partial charge >= 0.3 is 5.97 Å². The van der Waals surface area contributed by atoms with Crippen LogP contribution in [0.1, 0.15) is 61.6 Å². The molecule has 0 fully saturated rings. The number of nitrogens with zero attached hydrogens (tertiary/aromatic N) is 1. The van der Waals surface area contributed by atoms with E-state index in [-0.39, 0.29) is 23.6 Å². The topological polar surface area (TPSA) is 56.3 Å². The Balaban J connectivity index is 2.02. The van der Waals surface area contributed by atoms with E-state index in [0.717, 1.165) is 27.9 Å². The molecule has 0 amide bonds. The van der Waals surface area contributed by atoms with Crippen LogP contribution in [0.25, 0.3) is 5.57 Å². The van der Waals surface area contributed by atoms with Crippen molar-refractivity contribution < 1.29 is 14.3 Å². The first kappa shape index (κ1) is 22.5. The van der Waals surface area contributed by atoms with Crippen molar-refractivity contribution >= 4 is 17.3 Å². The van der Waals surface area contributed by atoms with Crippen LogP contribution in [0.4, 0.5) is 0 Å². The van der Waals surface area contributed by atoms with Gasteiger partial charge < -0.3 is 4.74 Å². The fourth-order valence-corrected chi connectivity index (χ4v) is 4.14. The molecule has 4 heteroatoms. The standard InChI is InChI=1S/C27H29NO3/c1-6-9-20-13-18(4)25(19(5)14-20)26-23(31-24(29)12-17(2)3)16-21(27(26)30)15-22-10-7-8-11-28-22/h7-8,10-11,13-14,17,21H,12,15-16H2,1-5H3. The molecule has 3 rings (SSSR count). The summed E-state index contributed by atoms with van der Waals surface area (Å²) in [7, 11) is 0. The summed E-state index contributed by atoms with van der Waals surface area (Å²) in [5.74, 6) is 6.10. The Kier molecular flexibility index (Phi) is 7.07. The fourth-order valence-electron chi connectivity index (χ4n) is 4.14. The van der Waals surface area contributed by atoms with Gasteiger partial charge in [0.2, 0.25) is 0 Å². The number of hydrogen-bond acceptors (Lipinski definition) is 4.